The Hall–Kier alpha value is -1.99. The second-order valence-electron chi connectivity index (χ2n) is 4.29. The average Bonchev–Trinajstić information content (AvgIpc) is 3.09. The van der Waals surface area contributed by atoms with E-state index in [0.717, 1.165) is 5.56 Å². The molecule has 0 unspecified atom stereocenters. The van der Waals surface area contributed by atoms with E-state index in [-0.39, 0.29) is 12.5 Å². The quantitative estimate of drug-likeness (QED) is 0.551. The third-order valence-electron chi connectivity index (χ3n) is 2.65. The molecule has 0 saturated carbocycles. The fourth-order valence-corrected chi connectivity index (χ4v) is 2.41. The zero-order valence-electron chi connectivity index (χ0n) is 11.8. The maximum Gasteiger partial charge on any atom is 0.320 e. The van der Waals surface area contributed by atoms with E-state index < -0.39 is 0 Å². The average molecular weight is 307 g/mol. The van der Waals surface area contributed by atoms with E-state index in [0.29, 0.717) is 31.4 Å². The fraction of sp³-hybridized carbons (Fsp3) is 0.357. The smallest absolute Gasteiger partial charge is 0.320 e. The summed E-state index contributed by atoms with van der Waals surface area (Å²) >= 11 is 1.57. The lowest BCUT2D eigenvalue weighted by molar-refractivity contribution is -0.144. The van der Waals surface area contributed by atoms with Gasteiger partial charge < -0.3 is 9.26 Å². The van der Waals surface area contributed by atoms with Crippen molar-refractivity contribution in [3.63, 3.8) is 0 Å². The lowest BCUT2D eigenvalue weighted by atomic mass is 10.3. The van der Waals surface area contributed by atoms with E-state index in [2.05, 4.69) is 16.7 Å². The van der Waals surface area contributed by atoms with Gasteiger partial charge in [0.2, 0.25) is 0 Å². The molecule has 0 N–H and O–H groups in total. The molecule has 0 aromatic carbocycles. The van der Waals surface area contributed by atoms with Crippen LogP contribution < -0.4 is 0 Å². The van der Waals surface area contributed by atoms with Crippen LogP contribution >= 0.6 is 11.3 Å². The van der Waals surface area contributed by atoms with E-state index in [1.54, 1.807) is 24.3 Å². The number of ether oxygens (including phenoxy) is 1. The van der Waals surface area contributed by atoms with Crippen molar-refractivity contribution in [3.8, 4) is 11.5 Å². The highest BCUT2D eigenvalue weighted by atomic mass is 32.1. The van der Waals surface area contributed by atoms with Gasteiger partial charge in [-0.3, -0.25) is 9.69 Å². The zero-order chi connectivity index (χ0) is 15.1. The van der Waals surface area contributed by atoms with Gasteiger partial charge in [-0.05, 0) is 18.4 Å². The van der Waals surface area contributed by atoms with E-state index in [1.807, 2.05) is 21.7 Å². The van der Waals surface area contributed by atoms with Crippen molar-refractivity contribution < 1.29 is 14.1 Å². The SMILES string of the molecule is C=CCN(CC(=O)OCC)Cc1noc(-c2ccsc2)n1. The minimum Gasteiger partial charge on any atom is -0.465 e. The number of esters is 1. The first kappa shape index (κ1) is 15.4. The van der Waals surface area contributed by atoms with Crippen molar-refractivity contribution in [1.29, 1.82) is 0 Å². The summed E-state index contributed by atoms with van der Waals surface area (Å²) in [5.41, 5.74) is 0.902. The molecule has 0 aliphatic rings. The van der Waals surface area contributed by atoms with Gasteiger partial charge in [0.1, 0.15) is 0 Å². The molecule has 0 radical (unpaired) electrons. The van der Waals surface area contributed by atoms with Crippen LogP contribution in [-0.4, -0.2) is 40.7 Å². The Kier molecular flexibility index (Phi) is 5.65. The third-order valence-corrected chi connectivity index (χ3v) is 3.33. The Morgan fingerprint density at radius 1 is 1.62 bits per heavy atom. The Morgan fingerprint density at radius 2 is 2.48 bits per heavy atom. The van der Waals surface area contributed by atoms with Gasteiger partial charge in [0.25, 0.3) is 5.89 Å². The first-order valence-corrected chi connectivity index (χ1v) is 7.51. The molecule has 0 atom stereocenters. The summed E-state index contributed by atoms with van der Waals surface area (Å²) in [4.78, 5) is 17.7. The van der Waals surface area contributed by atoms with Crippen molar-refractivity contribution in [1.82, 2.24) is 15.0 Å². The van der Waals surface area contributed by atoms with Crippen LogP contribution in [0.3, 0.4) is 0 Å². The number of nitrogens with zero attached hydrogens (tertiary/aromatic N) is 3. The van der Waals surface area contributed by atoms with Crippen molar-refractivity contribution >= 4 is 17.3 Å². The number of aromatic nitrogens is 2. The van der Waals surface area contributed by atoms with Crippen LogP contribution in [-0.2, 0) is 16.1 Å². The van der Waals surface area contributed by atoms with Gasteiger partial charge in [-0.15, -0.1) is 6.58 Å². The molecule has 2 aromatic heterocycles. The second kappa shape index (κ2) is 7.70. The summed E-state index contributed by atoms with van der Waals surface area (Å²) < 4.78 is 10.2. The topological polar surface area (TPSA) is 68.5 Å². The first-order chi connectivity index (χ1) is 10.2. The van der Waals surface area contributed by atoms with Crippen LogP contribution in [0.1, 0.15) is 12.7 Å². The minimum atomic E-state index is -0.277. The van der Waals surface area contributed by atoms with E-state index in [1.165, 1.54) is 0 Å². The Balaban J connectivity index is 1.99. The molecule has 0 aliphatic heterocycles. The monoisotopic (exact) mass is 307 g/mol. The molecule has 21 heavy (non-hydrogen) atoms. The van der Waals surface area contributed by atoms with Crippen LogP contribution in [0.15, 0.2) is 34.0 Å². The molecule has 0 saturated heterocycles. The summed E-state index contributed by atoms with van der Waals surface area (Å²) in [7, 11) is 0. The molecule has 0 aliphatic carbocycles. The van der Waals surface area contributed by atoms with E-state index in [4.69, 9.17) is 9.26 Å². The van der Waals surface area contributed by atoms with Crippen molar-refractivity contribution in [2.24, 2.45) is 0 Å². The molecule has 112 valence electrons. The maximum atomic E-state index is 11.5. The first-order valence-electron chi connectivity index (χ1n) is 6.57. The molecule has 2 rings (SSSR count). The molecule has 0 fully saturated rings. The largest absolute Gasteiger partial charge is 0.465 e. The third kappa shape index (κ3) is 4.51. The Morgan fingerprint density at radius 3 is 3.14 bits per heavy atom. The van der Waals surface area contributed by atoms with Gasteiger partial charge in [0.05, 0.1) is 25.3 Å². The molecule has 0 amide bonds. The standard InChI is InChI=1S/C14H17N3O3S/c1-3-6-17(9-13(18)19-4-2)8-12-15-14(20-16-12)11-5-7-21-10-11/h3,5,7,10H,1,4,6,8-9H2,2H3. The molecule has 2 heterocycles. The minimum absolute atomic E-state index is 0.169. The summed E-state index contributed by atoms with van der Waals surface area (Å²) in [5.74, 6) is 0.740. The fourth-order valence-electron chi connectivity index (χ4n) is 1.78. The normalized spacial score (nSPS) is 10.8. The van der Waals surface area contributed by atoms with Gasteiger partial charge >= 0.3 is 5.97 Å². The molecular formula is C14H17N3O3S. The number of thiophene rings is 1. The molecule has 6 nitrogen and oxygen atoms in total. The number of hydrogen-bond acceptors (Lipinski definition) is 7. The summed E-state index contributed by atoms with van der Waals surface area (Å²) in [6, 6.07) is 1.92. The molecule has 2 aromatic rings. The second-order valence-corrected chi connectivity index (χ2v) is 5.07. The van der Waals surface area contributed by atoms with Gasteiger partial charge in [-0.25, -0.2) is 0 Å². The van der Waals surface area contributed by atoms with Crippen LogP contribution in [0.4, 0.5) is 0 Å². The van der Waals surface area contributed by atoms with Crippen molar-refractivity contribution in [2.45, 2.75) is 13.5 Å². The maximum absolute atomic E-state index is 11.5. The van der Waals surface area contributed by atoms with E-state index in [9.17, 15) is 4.79 Å². The van der Waals surface area contributed by atoms with Crippen LogP contribution in [0.2, 0.25) is 0 Å². The van der Waals surface area contributed by atoms with Crippen molar-refractivity contribution in [3.05, 3.63) is 35.3 Å². The van der Waals surface area contributed by atoms with Crippen molar-refractivity contribution in [2.75, 3.05) is 19.7 Å². The lowest BCUT2D eigenvalue weighted by Crippen LogP contribution is -2.31. The van der Waals surface area contributed by atoms with Crippen LogP contribution in [0.5, 0.6) is 0 Å². The van der Waals surface area contributed by atoms with Gasteiger partial charge in [0.15, 0.2) is 5.82 Å². The number of carbonyl (C=O) groups excluding carboxylic acids is 1. The van der Waals surface area contributed by atoms with Crippen LogP contribution in [0.25, 0.3) is 11.5 Å². The predicted molar refractivity (Wildman–Crippen MR) is 79.7 cm³/mol. The van der Waals surface area contributed by atoms with Gasteiger partial charge in [-0.1, -0.05) is 11.2 Å². The summed E-state index contributed by atoms with van der Waals surface area (Å²) in [6.07, 6.45) is 1.72. The number of hydrogen-bond donors (Lipinski definition) is 0. The highest BCUT2D eigenvalue weighted by Crippen LogP contribution is 2.20. The highest BCUT2D eigenvalue weighted by molar-refractivity contribution is 7.08. The van der Waals surface area contributed by atoms with Gasteiger partial charge in [0, 0.05) is 11.9 Å². The van der Waals surface area contributed by atoms with Crippen LogP contribution in [0, 0.1) is 0 Å². The number of rotatable bonds is 8. The molecule has 0 bridgehead atoms. The molecular weight excluding hydrogens is 290 g/mol. The van der Waals surface area contributed by atoms with E-state index >= 15 is 0 Å². The summed E-state index contributed by atoms with van der Waals surface area (Å²) in [6.45, 7) is 6.94. The number of carbonyl (C=O) groups is 1. The molecule has 0 spiro atoms. The van der Waals surface area contributed by atoms with Gasteiger partial charge in [-0.2, -0.15) is 16.3 Å². The lowest BCUT2D eigenvalue weighted by Gasteiger charge is -2.17. The zero-order valence-corrected chi connectivity index (χ0v) is 12.6. The highest BCUT2D eigenvalue weighted by Gasteiger charge is 2.15. The Bertz CT molecular complexity index is 580. The Labute approximate surface area is 127 Å². The molecule has 7 heteroatoms. The predicted octanol–water partition coefficient (Wildman–Crippen LogP) is 2.35. The summed E-state index contributed by atoms with van der Waals surface area (Å²) in [5, 5.41) is 7.83.